The molecule has 0 spiro atoms. The molecular weight excluding hydrogens is 261 g/mol. The summed E-state index contributed by atoms with van der Waals surface area (Å²) in [6.45, 7) is 0.320. The Morgan fingerprint density at radius 3 is 2.42 bits per heavy atom. The van der Waals surface area contributed by atoms with Gasteiger partial charge < -0.3 is 14.6 Å². The molecule has 0 aliphatic heterocycles. The third kappa shape index (κ3) is 5.08. The predicted molar refractivity (Wildman–Crippen MR) is 64.0 cm³/mol. The molecule has 0 aliphatic carbocycles. The van der Waals surface area contributed by atoms with E-state index in [1.807, 2.05) is 0 Å². The molecule has 1 aromatic carbocycles. The molecule has 0 amide bonds. The van der Waals surface area contributed by atoms with Crippen LogP contribution in [0.1, 0.15) is 24.0 Å². The minimum Gasteiger partial charge on any atom is -0.493 e. The summed E-state index contributed by atoms with van der Waals surface area (Å²) in [5.74, 6) is -0.206. The molecule has 0 atom stereocenters. The number of rotatable bonds is 7. The standard InChI is InChI=1S/C13H17F3O3/c1-18-6-2-3-7-19-12-5-4-10(9-17)8-11(12)13(14,15)16/h4-5,8,17H,2-3,6-7,9H2,1H3. The van der Waals surface area contributed by atoms with Crippen molar-refractivity contribution in [2.24, 2.45) is 0 Å². The van der Waals surface area contributed by atoms with E-state index >= 15 is 0 Å². The maximum Gasteiger partial charge on any atom is 0.419 e. The van der Waals surface area contributed by atoms with Gasteiger partial charge >= 0.3 is 6.18 Å². The van der Waals surface area contributed by atoms with Gasteiger partial charge in [-0.05, 0) is 30.5 Å². The van der Waals surface area contributed by atoms with Crippen LogP contribution in [0.4, 0.5) is 13.2 Å². The summed E-state index contributed by atoms with van der Waals surface area (Å²) in [6.07, 6.45) is -3.15. The fourth-order valence-corrected chi connectivity index (χ4v) is 1.55. The first-order valence-electron chi connectivity index (χ1n) is 5.91. The zero-order valence-electron chi connectivity index (χ0n) is 10.7. The Morgan fingerprint density at radius 2 is 1.84 bits per heavy atom. The van der Waals surface area contributed by atoms with Crippen LogP contribution in [0.25, 0.3) is 0 Å². The number of benzene rings is 1. The van der Waals surface area contributed by atoms with Gasteiger partial charge in [0.15, 0.2) is 0 Å². The van der Waals surface area contributed by atoms with Crippen LogP contribution in [-0.4, -0.2) is 25.4 Å². The van der Waals surface area contributed by atoms with Gasteiger partial charge in [-0.15, -0.1) is 0 Å². The van der Waals surface area contributed by atoms with Crippen LogP contribution in [0, 0.1) is 0 Å². The molecule has 0 bridgehead atoms. The molecule has 0 fully saturated rings. The van der Waals surface area contributed by atoms with Gasteiger partial charge in [0.25, 0.3) is 0 Å². The summed E-state index contributed by atoms with van der Waals surface area (Å²) in [5, 5.41) is 8.87. The van der Waals surface area contributed by atoms with Crippen molar-refractivity contribution >= 4 is 0 Å². The van der Waals surface area contributed by atoms with E-state index in [-0.39, 0.29) is 17.9 Å². The van der Waals surface area contributed by atoms with Crippen molar-refractivity contribution in [2.75, 3.05) is 20.3 Å². The molecule has 6 heteroatoms. The maximum absolute atomic E-state index is 12.8. The molecule has 0 saturated heterocycles. The lowest BCUT2D eigenvalue weighted by Gasteiger charge is -2.15. The van der Waals surface area contributed by atoms with E-state index in [1.165, 1.54) is 12.1 Å². The van der Waals surface area contributed by atoms with Crippen LogP contribution in [0.3, 0.4) is 0 Å². The lowest BCUT2D eigenvalue weighted by molar-refractivity contribution is -0.139. The van der Waals surface area contributed by atoms with Crippen molar-refractivity contribution in [3.63, 3.8) is 0 Å². The third-order valence-electron chi connectivity index (χ3n) is 2.53. The zero-order valence-corrected chi connectivity index (χ0v) is 10.7. The Hall–Kier alpha value is -1.27. The molecule has 0 unspecified atom stereocenters. The highest BCUT2D eigenvalue weighted by atomic mass is 19.4. The molecule has 1 N–H and O–H groups in total. The van der Waals surface area contributed by atoms with Crippen LogP contribution in [0.2, 0.25) is 0 Å². The molecule has 0 heterocycles. The van der Waals surface area contributed by atoms with Gasteiger partial charge in [-0.2, -0.15) is 13.2 Å². The number of aliphatic hydroxyl groups excluding tert-OH is 1. The minimum atomic E-state index is -4.49. The van der Waals surface area contributed by atoms with Gasteiger partial charge in [0, 0.05) is 13.7 Å². The SMILES string of the molecule is COCCCCOc1ccc(CO)cc1C(F)(F)F. The number of methoxy groups -OCH3 is 1. The third-order valence-corrected chi connectivity index (χ3v) is 2.53. The minimum absolute atomic E-state index is 0.199. The first-order chi connectivity index (χ1) is 8.99. The molecular formula is C13H17F3O3. The Kier molecular flexibility index (Phi) is 6.11. The van der Waals surface area contributed by atoms with Crippen molar-refractivity contribution in [1.82, 2.24) is 0 Å². The fraction of sp³-hybridized carbons (Fsp3) is 0.538. The summed E-state index contributed by atoms with van der Waals surface area (Å²) >= 11 is 0. The topological polar surface area (TPSA) is 38.7 Å². The number of alkyl halides is 3. The normalized spacial score (nSPS) is 11.6. The highest BCUT2D eigenvalue weighted by molar-refractivity contribution is 5.39. The van der Waals surface area contributed by atoms with Crippen LogP contribution in [0.5, 0.6) is 5.75 Å². The molecule has 0 aliphatic rings. The summed E-state index contributed by atoms with van der Waals surface area (Å²) in [6, 6.07) is 3.56. The summed E-state index contributed by atoms with van der Waals surface area (Å²) < 4.78 is 48.4. The Balaban J connectivity index is 2.71. The predicted octanol–water partition coefficient (Wildman–Crippen LogP) is 3.00. The number of unbranched alkanes of at least 4 members (excludes halogenated alkanes) is 1. The van der Waals surface area contributed by atoms with Crippen LogP contribution >= 0.6 is 0 Å². The Bertz CT molecular complexity index is 391. The molecule has 0 aromatic heterocycles. The van der Waals surface area contributed by atoms with Crippen molar-refractivity contribution in [1.29, 1.82) is 0 Å². The van der Waals surface area contributed by atoms with Crippen molar-refractivity contribution < 1.29 is 27.8 Å². The van der Waals surface area contributed by atoms with Crippen LogP contribution in [-0.2, 0) is 17.5 Å². The number of halogens is 3. The average molecular weight is 278 g/mol. The van der Waals surface area contributed by atoms with Crippen molar-refractivity contribution in [3.05, 3.63) is 29.3 Å². The van der Waals surface area contributed by atoms with Gasteiger partial charge in [-0.1, -0.05) is 6.07 Å². The number of aliphatic hydroxyl groups is 1. The molecule has 3 nitrogen and oxygen atoms in total. The largest absolute Gasteiger partial charge is 0.493 e. The molecule has 108 valence electrons. The second-order valence-electron chi connectivity index (χ2n) is 4.03. The molecule has 0 radical (unpaired) electrons. The van der Waals surface area contributed by atoms with Gasteiger partial charge in [0.1, 0.15) is 5.75 Å². The van der Waals surface area contributed by atoms with E-state index in [2.05, 4.69) is 0 Å². The van der Waals surface area contributed by atoms with Crippen molar-refractivity contribution in [2.45, 2.75) is 25.6 Å². The number of hydrogen-bond donors (Lipinski definition) is 1. The van der Waals surface area contributed by atoms with E-state index in [0.717, 1.165) is 12.5 Å². The lowest BCUT2D eigenvalue weighted by Crippen LogP contribution is -2.10. The smallest absolute Gasteiger partial charge is 0.419 e. The second-order valence-corrected chi connectivity index (χ2v) is 4.03. The highest BCUT2D eigenvalue weighted by Gasteiger charge is 2.34. The van der Waals surface area contributed by atoms with Gasteiger partial charge in [0.05, 0.1) is 18.8 Å². The first kappa shape index (κ1) is 15.8. The monoisotopic (exact) mass is 278 g/mol. The Morgan fingerprint density at radius 1 is 1.16 bits per heavy atom. The zero-order chi connectivity index (χ0) is 14.3. The van der Waals surface area contributed by atoms with E-state index in [0.29, 0.717) is 13.0 Å². The van der Waals surface area contributed by atoms with E-state index in [9.17, 15) is 13.2 Å². The van der Waals surface area contributed by atoms with E-state index < -0.39 is 18.3 Å². The maximum atomic E-state index is 12.8. The Labute approximate surface area is 110 Å². The fourth-order valence-electron chi connectivity index (χ4n) is 1.55. The second kappa shape index (κ2) is 7.35. The van der Waals surface area contributed by atoms with E-state index in [4.69, 9.17) is 14.6 Å². The first-order valence-corrected chi connectivity index (χ1v) is 5.91. The molecule has 0 saturated carbocycles. The summed E-state index contributed by atoms with van der Waals surface area (Å²) in [5.41, 5.74) is -0.648. The van der Waals surface area contributed by atoms with Crippen molar-refractivity contribution in [3.8, 4) is 5.75 Å². The summed E-state index contributed by atoms with van der Waals surface area (Å²) in [7, 11) is 1.57. The average Bonchev–Trinajstić information content (AvgIpc) is 2.37. The highest BCUT2D eigenvalue weighted by Crippen LogP contribution is 2.36. The number of ether oxygens (including phenoxy) is 2. The molecule has 1 rings (SSSR count). The number of hydrogen-bond acceptors (Lipinski definition) is 3. The van der Waals surface area contributed by atoms with Gasteiger partial charge in [0.2, 0.25) is 0 Å². The molecule has 1 aromatic rings. The van der Waals surface area contributed by atoms with Gasteiger partial charge in [-0.3, -0.25) is 0 Å². The van der Waals surface area contributed by atoms with E-state index in [1.54, 1.807) is 7.11 Å². The lowest BCUT2D eigenvalue weighted by atomic mass is 10.1. The van der Waals surface area contributed by atoms with Gasteiger partial charge in [-0.25, -0.2) is 0 Å². The van der Waals surface area contributed by atoms with Crippen LogP contribution in [0.15, 0.2) is 18.2 Å². The quantitative estimate of drug-likeness (QED) is 0.779. The van der Waals surface area contributed by atoms with Crippen LogP contribution < -0.4 is 4.74 Å². The molecule has 19 heavy (non-hydrogen) atoms. The summed E-state index contributed by atoms with van der Waals surface area (Å²) in [4.78, 5) is 0.